The quantitative estimate of drug-likeness (QED) is 0.865. The molecule has 7 heteroatoms. The fraction of sp³-hybridized carbons (Fsp3) is 0.308. The molecule has 1 amide bonds. The van der Waals surface area contributed by atoms with E-state index in [4.69, 9.17) is 4.74 Å². The summed E-state index contributed by atoms with van der Waals surface area (Å²) in [7, 11) is 0. The van der Waals surface area contributed by atoms with Gasteiger partial charge in [-0.15, -0.1) is 0 Å². The number of anilines is 1. The van der Waals surface area contributed by atoms with E-state index >= 15 is 0 Å². The normalized spacial score (nSPS) is 18.1. The summed E-state index contributed by atoms with van der Waals surface area (Å²) in [4.78, 5) is 25.4. The number of hydrogen-bond donors (Lipinski definition) is 2. The van der Waals surface area contributed by atoms with Gasteiger partial charge in [0.15, 0.2) is 0 Å². The highest BCUT2D eigenvalue weighted by molar-refractivity contribution is 6.03. The number of aromatic nitrogens is 3. The van der Waals surface area contributed by atoms with Crippen LogP contribution in [0, 0.1) is 0 Å². The molecule has 20 heavy (non-hydrogen) atoms. The zero-order chi connectivity index (χ0) is 13.9. The summed E-state index contributed by atoms with van der Waals surface area (Å²) in [6, 6.07) is 3.02. The smallest absolute Gasteiger partial charge is 0.257 e. The second-order valence-corrected chi connectivity index (χ2v) is 4.62. The number of hydrogen-bond acceptors (Lipinski definition) is 4. The summed E-state index contributed by atoms with van der Waals surface area (Å²) in [5.41, 5.74) is 0.769. The van der Waals surface area contributed by atoms with E-state index in [1.165, 1.54) is 18.3 Å². The predicted octanol–water partition coefficient (Wildman–Crippen LogP) is 0.785. The molecule has 0 bridgehead atoms. The number of carbonyl (C=O) groups is 1. The molecule has 1 fully saturated rings. The van der Waals surface area contributed by atoms with Gasteiger partial charge in [-0.3, -0.25) is 14.3 Å². The van der Waals surface area contributed by atoms with E-state index < -0.39 is 0 Å². The lowest BCUT2D eigenvalue weighted by Crippen LogP contribution is -2.14. The van der Waals surface area contributed by atoms with Crippen molar-refractivity contribution < 1.29 is 9.53 Å². The fourth-order valence-electron chi connectivity index (χ4n) is 2.09. The Bertz CT molecular complexity index is 650. The number of aromatic amines is 1. The van der Waals surface area contributed by atoms with Crippen molar-refractivity contribution in [3.05, 3.63) is 46.6 Å². The summed E-state index contributed by atoms with van der Waals surface area (Å²) in [6.45, 7) is 1.39. The third-order valence-electron chi connectivity index (χ3n) is 3.19. The topological polar surface area (TPSA) is 89.0 Å². The highest BCUT2D eigenvalue weighted by atomic mass is 16.5. The van der Waals surface area contributed by atoms with Crippen LogP contribution in [0.3, 0.4) is 0 Å². The second kappa shape index (κ2) is 5.30. The Morgan fingerprint density at radius 1 is 1.50 bits per heavy atom. The first-order chi connectivity index (χ1) is 9.72. The third kappa shape index (κ3) is 2.62. The van der Waals surface area contributed by atoms with Gasteiger partial charge in [-0.1, -0.05) is 0 Å². The number of amides is 1. The molecule has 1 atom stereocenters. The van der Waals surface area contributed by atoms with Crippen LogP contribution in [0.15, 0.2) is 35.5 Å². The molecule has 0 aliphatic carbocycles. The lowest BCUT2D eigenvalue weighted by atomic mass is 10.2. The van der Waals surface area contributed by atoms with Gasteiger partial charge < -0.3 is 15.0 Å². The number of carbonyl (C=O) groups excluding carboxylic acids is 1. The number of nitrogens with zero attached hydrogens (tertiary/aromatic N) is 2. The largest absolute Gasteiger partial charge is 0.379 e. The summed E-state index contributed by atoms with van der Waals surface area (Å²) in [5, 5.41) is 6.96. The van der Waals surface area contributed by atoms with Gasteiger partial charge in [0, 0.05) is 25.1 Å². The predicted molar refractivity (Wildman–Crippen MR) is 71.7 cm³/mol. The third-order valence-corrected chi connectivity index (χ3v) is 3.19. The Hall–Kier alpha value is -2.41. The van der Waals surface area contributed by atoms with E-state index in [1.807, 2.05) is 0 Å². The molecule has 7 nitrogen and oxygen atoms in total. The van der Waals surface area contributed by atoms with E-state index in [1.54, 1.807) is 17.1 Å². The lowest BCUT2D eigenvalue weighted by molar-refractivity contribution is 0.102. The molecule has 2 aromatic rings. The summed E-state index contributed by atoms with van der Waals surface area (Å²) >= 11 is 0. The summed E-state index contributed by atoms with van der Waals surface area (Å²) in [6.07, 6.45) is 5.69. The highest BCUT2D eigenvalue weighted by Gasteiger charge is 2.18. The molecule has 0 unspecified atom stereocenters. The fourth-order valence-corrected chi connectivity index (χ4v) is 2.09. The summed E-state index contributed by atoms with van der Waals surface area (Å²) in [5.74, 6) is -0.288. The first-order valence-electron chi connectivity index (χ1n) is 6.34. The van der Waals surface area contributed by atoms with Crippen LogP contribution in [0.5, 0.6) is 0 Å². The Labute approximate surface area is 114 Å². The lowest BCUT2D eigenvalue weighted by Gasteiger charge is -2.06. The zero-order valence-corrected chi connectivity index (χ0v) is 10.7. The molecule has 104 valence electrons. The molecule has 1 aliphatic rings. The van der Waals surface area contributed by atoms with Crippen LogP contribution in [-0.2, 0) is 4.74 Å². The van der Waals surface area contributed by atoms with Crippen LogP contribution in [0.25, 0.3) is 0 Å². The van der Waals surface area contributed by atoms with Crippen LogP contribution in [-0.4, -0.2) is 33.9 Å². The van der Waals surface area contributed by atoms with Gasteiger partial charge in [-0.25, -0.2) is 0 Å². The van der Waals surface area contributed by atoms with Gasteiger partial charge in [-0.05, 0) is 12.5 Å². The first-order valence-corrected chi connectivity index (χ1v) is 6.34. The minimum Gasteiger partial charge on any atom is -0.379 e. The van der Waals surface area contributed by atoms with Crippen LogP contribution in [0.1, 0.15) is 22.8 Å². The van der Waals surface area contributed by atoms with Crippen LogP contribution >= 0.6 is 0 Å². The van der Waals surface area contributed by atoms with Gasteiger partial charge in [0.2, 0.25) is 5.56 Å². The van der Waals surface area contributed by atoms with Crippen molar-refractivity contribution in [1.82, 2.24) is 14.8 Å². The Morgan fingerprint density at radius 3 is 3.10 bits per heavy atom. The van der Waals surface area contributed by atoms with Gasteiger partial charge in [0.25, 0.3) is 5.91 Å². The first kappa shape index (κ1) is 12.6. The molecule has 2 N–H and O–H groups in total. The van der Waals surface area contributed by atoms with Crippen molar-refractivity contribution in [2.24, 2.45) is 0 Å². The average molecular weight is 274 g/mol. The Kier molecular flexibility index (Phi) is 3.34. The number of rotatable bonds is 3. The van der Waals surface area contributed by atoms with Crippen molar-refractivity contribution in [2.75, 3.05) is 18.5 Å². The maximum absolute atomic E-state index is 12.0. The van der Waals surface area contributed by atoms with Crippen molar-refractivity contribution in [3.8, 4) is 0 Å². The van der Waals surface area contributed by atoms with Crippen LogP contribution in [0.2, 0.25) is 0 Å². The average Bonchev–Trinajstić information content (AvgIpc) is 3.09. The minimum absolute atomic E-state index is 0.230. The Morgan fingerprint density at radius 2 is 2.40 bits per heavy atom. The van der Waals surface area contributed by atoms with Gasteiger partial charge in [0.1, 0.15) is 0 Å². The van der Waals surface area contributed by atoms with E-state index in [0.29, 0.717) is 17.9 Å². The molecule has 1 saturated heterocycles. The molecular formula is C13H14N4O3. The van der Waals surface area contributed by atoms with Crippen LogP contribution < -0.4 is 10.9 Å². The molecule has 3 rings (SSSR count). The SMILES string of the molecule is O=C(Nc1cnn([C@@H]2CCOC2)c1)c1ccc(=O)[nH]c1. The number of ether oxygens (including phenoxy) is 1. The molecule has 2 aromatic heterocycles. The number of nitrogens with one attached hydrogen (secondary N) is 2. The van der Waals surface area contributed by atoms with Crippen molar-refractivity contribution in [1.29, 1.82) is 0 Å². The summed E-state index contributed by atoms with van der Waals surface area (Å²) < 4.78 is 7.10. The van der Waals surface area contributed by atoms with E-state index in [2.05, 4.69) is 15.4 Å². The maximum atomic E-state index is 12.0. The van der Waals surface area contributed by atoms with Crippen molar-refractivity contribution in [3.63, 3.8) is 0 Å². The minimum atomic E-state index is -0.288. The molecule has 1 aliphatic heterocycles. The molecular weight excluding hydrogens is 260 g/mol. The second-order valence-electron chi connectivity index (χ2n) is 4.62. The zero-order valence-electron chi connectivity index (χ0n) is 10.7. The van der Waals surface area contributed by atoms with E-state index in [-0.39, 0.29) is 17.5 Å². The molecule has 0 radical (unpaired) electrons. The van der Waals surface area contributed by atoms with Gasteiger partial charge in [-0.2, -0.15) is 5.10 Å². The maximum Gasteiger partial charge on any atom is 0.257 e. The van der Waals surface area contributed by atoms with E-state index in [0.717, 1.165) is 13.0 Å². The van der Waals surface area contributed by atoms with Crippen molar-refractivity contribution >= 4 is 11.6 Å². The molecule has 0 saturated carbocycles. The Balaban J connectivity index is 1.69. The number of pyridine rings is 1. The van der Waals surface area contributed by atoms with Crippen molar-refractivity contribution in [2.45, 2.75) is 12.5 Å². The molecule has 3 heterocycles. The number of H-pyrrole nitrogens is 1. The van der Waals surface area contributed by atoms with E-state index in [9.17, 15) is 9.59 Å². The highest BCUT2D eigenvalue weighted by Crippen LogP contribution is 2.19. The van der Waals surface area contributed by atoms with Gasteiger partial charge in [0.05, 0.1) is 30.1 Å². The van der Waals surface area contributed by atoms with Gasteiger partial charge >= 0.3 is 0 Å². The monoisotopic (exact) mass is 274 g/mol. The molecule has 0 spiro atoms. The van der Waals surface area contributed by atoms with Crippen LogP contribution in [0.4, 0.5) is 5.69 Å². The molecule has 0 aromatic carbocycles. The standard InChI is InChI=1S/C13H14N4O3/c18-12-2-1-9(5-14-12)13(19)16-10-6-15-17(7-10)11-3-4-20-8-11/h1-2,5-7,11H,3-4,8H2,(H,14,18)(H,16,19)/t11-/m1/s1.